The van der Waals surface area contributed by atoms with Crippen molar-refractivity contribution in [1.29, 1.82) is 5.26 Å². The fourth-order valence-electron chi connectivity index (χ4n) is 1.37. The maximum Gasteiger partial charge on any atom is 0.574 e. The zero-order chi connectivity index (χ0) is 14.6. The van der Waals surface area contributed by atoms with Crippen molar-refractivity contribution >= 4 is 0 Å². The SMILES string of the molecule is COc1c(C(F)F)cnc(OC(F)(F)F)c1CC#N. The van der Waals surface area contributed by atoms with Crippen molar-refractivity contribution in [3.05, 3.63) is 17.3 Å². The highest BCUT2D eigenvalue weighted by Crippen LogP contribution is 2.37. The zero-order valence-corrected chi connectivity index (χ0v) is 9.46. The summed E-state index contributed by atoms with van der Waals surface area (Å²) in [6.45, 7) is 0. The monoisotopic (exact) mass is 282 g/mol. The van der Waals surface area contributed by atoms with Crippen LogP contribution in [0.4, 0.5) is 22.0 Å². The number of aromatic nitrogens is 1. The molecule has 0 aliphatic carbocycles. The maximum absolute atomic E-state index is 12.6. The molecule has 0 spiro atoms. The summed E-state index contributed by atoms with van der Waals surface area (Å²) in [6, 6.07) is 1.54. The van der Waals surface area contributed by atoms with Crippen molar-refractivity contribution in [2.45, 2.75) is 19.2 Å². The Bertz CT molecular complexity index is 496. The van der Waals surface area contributed by atoms with Gasteiger partial charge >= 0.3 is 6.36 Å². The molecular weight excluding hydrogens is 275 g/mol. The van der Waals surface area contributed by atoms with Gasteiger partial charge < -0.3 is 9.47 Å². The number of nitrogens with zero attached hydrogens (tertiary/aromatic N) is 2. The third-order valence-electron chi connectivity index (χ3n) is 2.02. The Labute approximate surface area is 104 Å². The molecule has 0 saturated carbocycles. The second-order valence-corrected chi connectivity index (χ2v) is 3.21. The van der Waals surface area contributed by atoms with Gasteiger partial charge in [-0.2, -0.15) is 5.26 Å². The Morgan fingerprint density at radius 1 is 1.42 bits per heavy atom. The summed E-state index contributed by atoms with van der Waals surface area (Å²) in [6.07, 6.45) is -8.14. The number of alkyl halides is 5. The summed E-state index contributed by atoms with van der Waals surface area (Å²) in [7, 11) is 0.999. The summed E-state index contributed by atoms with van der Waals surface area (Å²) < 4.78 is 69.8. The standard InChI is InChI=1S/C10H7F5N2O2/c1-18-7-5(2-3-16)9(19-10(13,14)15)17-4-6(7)8(11)12/h4,8H,2H2,1H3. The van der Waals surface area contributed by atoms with Crippen LogP contribution in [0.2, 0.25) is 0 Å². The third-order valence-corrected chi connectivity index (χ3v) is 2.02. The smallest absolute Gasteiger partial charge is 0.496 e. The Kier molecular flexibility index (Phi) is 4.47. The normalized spacial score (nSPS) is 11.3. The van der Waals surface area contributed by atoms with Gasteiger partial charge in [0.05, 0.1) is 30.7 Å². The molecule has 9 heteroatoms. The zero-order valence-electron chi connectivity index (χ0n) is 9.46. The summed E-state index contributed by atoms with van der Waals surface area (Å²) in [5.74, 6) is -1.51. The average Bonchev–Trinajstić information content (AvgIpc) is 2.28. The first kappa shape index (κ1) is 14.9. The van der Waals surface area contributed by atoms with E-state index < -0.39 is 42.0 Å². The van der Waals surface area contributed by atoms with Crippen LogP contribution >= 0.6 is 0 Å². The van der Waals surface area contributed by atoms with E-state index in [1.165, 1.54) is 6.07 Å². The molecule has 1 aromatic heterocycles. The number of ether oxygens (including phenoxy) is 2. The van der Waals surface area contributed by atoms with Crippen LogP contribution in [-0.4, -0.2) is 18.5 Å². The van der Waals surface area contributed by atoms with E-state index in [1.54, 1.807) is 0 Å². The molecule has 104 valence electrons. The largest absolute Gasteiger partial charge is 0.574 e. The molecule has 1 aromatic rings. The van der Waals surface area contributed by atoms with Crippen LogP contribution in [0.3, 0.4) is 0 Å². The number of rotatable bonds is 4. The van der Waals surface area contributed by atoms with Crippen LogP contribution in [0.15, 0.2) is 6.20 Å². The maximum atomic E-state index is 12.6. The topological polar surface area (TPSA) is 55.1 Å². The fraction of sp³-hybridized carbons (Fsp3) is 0.400. The van der Waals surface area contributed by atoms with Crippen LogP contribution in [0, 0.1) is 11.3 Å². The minimum atomic E-state index is -5.05. The van der Waals surface area contributed by atoms with Crippen molar-refractivity contribution < 1.29 is 31.4 Å². The van der Waals surface area contributed by atoms with E-state index in [2.05, 4.69) is 14.5 Å². The minimum absolute atomic E-state index is 0.472. The number of nitriles is 1. The minimum Gasteiger partial charge on any atom is -0.496 e. The number of hydrogen-bond donors (Lipinski definition) is 0. The van der Waals surface area contributed by atoms with E-state index in [4.69, 9.17) is 5.26 Å². The molecule has 0 aliphatic heterocycles. The van der Waals surface area contributed by atoms with Gasteiger partial charge in [-0.05, 0) is 0 Å². The highest BCUT2D eigenvalue weighted by Gasteiger charge is 2.34. The number of pyridine rings is 1. The lowest BCUT2D eigenvalue weighted by Crippen LogP contribution is -2.19. The predicted molar refractivity (Wildman–Crippen MR) is 51.7 cm³/mol. The molecule has 0 bridgehead atoms. The van der Waals surface area contributed by atoms with Crippen molar-refractivity contribution in [1.82, 2.24) is 4.98 Å². The van der Waals surface area contributed by atoms with Gasteiger partial charge in [-0.15, -0.1) is 13.2 Å². The Morgan fingerprint density at radius 2 is 2.05 bits per heavy atom. The molecule has 0 radical (unpaired) electrons. The van der Waals surface area contributed by atoms with Gasteiger partial charge in [0.2, 0.25) is 5.88 Å². The fourth-order valence-corrected chi connectivity index (χ4v) is 1.37. The van der Waals surface area contributed by atoms with Crippen molar-refractivity contribution in [2.75, 3.05) is 7.11 Å². The summed E-state index contributed by atoms with van der Waals surface area (Å²) >= 11 is 0. The van der Waals surface area contributed by atoms with Crippen LogP contribution in [0.25, 0.3) is 0 Å². The van der Waals surface area contributed by atoms with Crippen LogP contribution < -0.4 is 9.47 Å². The van der Waals surface area contributed by atoms with Gasteiger partial charge in [-0.25, -0.2) is 13.8 Å². The lowest BCUT2D eigenvalue weighted by molar-refractivity contribution is -0.276. The van der Waals surface area contributed by atoms with Crippen molar-refractivity contribution in [2.24, 2.45) is 0 Å². The highest BCUT2D eigenvalue weighted by atomic mass is 19.4. The summed E-state index contributed by atoms with van der Waals surface area (Å²) in [4.78, 5) is 3.16. The number of halogens is 5. The van der Waals surface area contributed by atoms with Crippen LogP contribution in [0.1, 0.15) is 17.6 Å². The molecule has 0 aliphatic rings. The predicted octanol–water partition coefficient (Wildman–Crippen LogP) is 2.99. The first-order valence-electron chi connectivity index (χ1n) is 4.76. The number of methoxy groups -OCH3 is 1. The molecule has 1 rings (SSSR count). The van der Waals surface area contributed by atoms with E-state index in [0.29, 0.717) is 6.20 Å². The molecule has 0 unspecified atom stereocenters. The van der Waals surface area contributed by atoms with Crippen LogP contribution in [0.5, 0.6) is 11.6 Å². The highest BCUT2D eigenvalue weighted by molar-refractivity contribution is 5.47. The molecule has 4 nitrogen and oxygen atoms in total. The lowest BCUT2D eigenvalue weighted by Gasteiger charge is -2.16. The van der Waals surface area contributed by atoms with E-state index in [1.807, 2.05) is 0 Å². The van der Waals surface area contributed by atoms with Crippen molar-refractivity contribution in [3.8, 4) is 17.7 Å². The van der Waals surface area contributed by atoms with Gasteiger partial charge in [0.1, 0.15) is 5.75 Å². The molecule has 19 heavy (non-hydrogen) atoms. The van der Waals surface area contributed by atoms with Crippen LogP contribution in [-0.2, 0) is 6.42 Å². The summed E-state index contributed by atoms with van der Waals surface area (Å²) in [5, 5.41) is 8.53. The molecule has 0 aromatic carbocycles. The van der Waals surface area contributed by atoms with Gasteiger partial charge in [0, 0.05) is 6.20 Å². The Balaban J connectivity index is 3.37. The molecular formula is C10H7F5N2O2. The molecule has 0 atom stereocenters. The molecule has 0 N–H and O–H groups in total. The second kappa shape index (κ2) is 5.69. The summed E-state index contributed by atoms with van der Waals surface area (Å²) in [5.41, 5.74) is -1.18. The molecule has 0 amide bonds. The first-order chi connectivity index (χ1) is 8.80. The van der Waals surface area contributed by atoms with Gasteiger partial charge in [-0.3, -0.25) is 0 Å². The van der Waals surface area contributed by atoms with Gasteiger partial charge in [0.15, 0.2) is 0 Å². The Morgan fingerprint density at radius 3 is 2.47 bits per heavy atom. The van der Waals surface area contributed by atoms with Crippen molar-refractivity contribution in [3.63, 3.8) is 0 Å². The second-order valence-electron chi connectivity index (χ2n) is 3.21. The third kappa shape index (κ3) is 3.67. The molecule has 1 heterocycles. The Hall–Kier alpha value is -2.11. The van der Waals surface area contributed by atoms with E-state index >= 15 is 0 Å². The first-order valence-corrected chi connectivity index (χ1v) is 4.76. The van der Waals surface area contributed by atoms with E-state index in [-0.39, 0.29) is 0 Å². The molecule has 0 saturated heterocycles. The molecule has 0 fully saturated rings. The quantitative estimate of drug-likeness (QED) is 0.797. The van der Waals surface area contributed by atoms with Gasteiger partial charge in [-0.1, -0.05) is 0 Å². The number of hydrogen-bond acceptors (Lipinski definition) is 4. The van der Waals surface area contributed by atoms with E-state index in [0.717, 1.165) is 7.11 Å². The van der Waals surface area contributed by atoms with Gasteiger partial charge in [0.25, 0.3) is 6.43 Å². The lowest BCUT2D eigenvalue weighted by atomic mass is 10.1. The average molecular weight is 282 g/mol. The van der Waals surface area contributed by atoms with E-state index in [9.17, 15) is 22.0 Å².